The number of hydrogen-bond acceptors (Lipinski definition) is 4. The zero-order chi connectivity index (χ0) is 17.7. The van der Waals surface area contributed by atoms with Gasteiger partial charge in [0.2, 0.25) is 0 Å². The maximum atomic E-state index is 12.6. The minimum absolute atomic E-state index is 0.0304. The highest BCUT2D eigenvalue weighted by Gasteiger charge is 2.23. The van der Waals surface area contributed by atoms with Gasteiger partial charge in [0.05, 0.1) is 12.7 Å². The van der Waals surface area contributed by atoms with Crippen LogP contribution < -0.4 is 5.32 Å². The zero-order valence-electron chi connectivity index (χ0n) is 15.3. The van der Waals surface area contributed by atoms with Gasteiger partial charge in [0.1, 0.15) is 0 Å². The molecule has 0 saturated carbocycles. The van der Waals surface area contributed by atoms with Crippen LogP contribution in [0.25, 0.3) is 0 Å². The van der Waals surface area contributed by atoms with E-state index in [4.69, 9.17) is 4.74 Å². The number of hydrogen-bond donors (Lipinski definition) is 2. The maximum Gasteiger partial charge on any atom is 0.252 e. The molecular formula is C19H30N2O3. The number of ether oxygens (including phenoxy) is 1. The number of piperidine rings is 1. The van der Waals surface area contributed by atoms with E-state index >= 15 is 0 Å². The van der Waals surface area contributed by atoms with Crippen molar-refractivity contribution < 1.29 is 14.6 Å². The van der Waals surface area contributed by atoms with Crippen molar-refractivity contribution in [1.29, 1.82) is 0 Å². The summed E-state index contributed by atoms with van der Waals surface area (Å²) in [5, 5.41) is 13.0. The highest BCUT2D eigenvalue weighted by Crippen LogP contribution is 2.18. The molecule has 5 nitrogen and oxygen atoms in total. The lowest BCUT2D eigenvalue weighted by Crippen LogP contribution is -2.47. The normalized spacial score (nSPS) is 17.7. The summed E-state index contributed by atoms with van der Waals surface area (Å²) in [7, 11) is 1.60. The van der Waals surface area contributed by atoms with Gasteiger partial charge in [-0.2, -0.15) is 0 Å². The average molecular weight is 334 g/mol. The molecule has 1 aliphatic heterocycles. The molecule has 1 fully saturated rings. The zero-order valence-corrected chi connectivity index (χ0v) is 15.3. The number of amides is 1. The highest BCUT2D eigenvalue weighted by atomic mass is 16.5. The van der Waals surface area contributed by atoms with E-state index in [1.165, 1.54) is 5.56 Å². The molecule has 134 valence electrons. The van der Waals surface area contributed by atoms with Gasteiger partial charge >= 0.3 is 0 Å². The molecule has 0 aromatic heterocycles. The molecule has 0 aliphatic carbocycles. The summed E-state index contributed by atoms with van der Waals surface area (Å²) in [4.78, 5) is 14.9. The number of likely N-dealkylation sites (tertiary alicyclic amines) is 1. The molecule has 1 amide bonds. The number of nitrogens with zero attached hydrogens (tertiary/aromatic N) is 1. The largest absolute Gasteiger partial charge is 0.389 e. The molecule has 5 heteroatoms. The smallest absolute Gasteiger partial charge is 0.252 e. The van der Waals surface area contributed by atoms with Crippen molar-refractivity contribution in [3.05, 3.63) is 34.4 Å². The summed E-state index contributed by atoms with van der Waals surface area (Å²) < 4.78 is 4.96. The number of β-amino-alcohol motifs (C(OH)–C–C–N with tert-alkyl or cyclic N) is 1. The number of aliphatic hydroxyl groups excluding tert-OH is 1. The first-order chi connectivity index (χ1) is 11.4. The molecule has 24 heavy (non-hydrogen) atoms. The Kier molecular flexibility index (Phi) is 6.78. The summed E-state index contributed by atoms with van der Waals surface area (Å²) in [5.74, 6) is 0.0304. The Hall–Kier alpha value is -1.43. The summed E-state index contributed by atoms with van der Waals surface area (Å²) in [6, 6.07) is 4.32. The fourth-order valence-corrected chi connectivity index (χ4v) is 3.60. The van der Waals surface area contributed by atoms with Gasteiger partial charge in [-0.05, 0) is 44.7 Å². The minimum atomic E-state index is -0.445. The summed E-state index contributed by atoms with van der Waals surface area (Å²) in [6.07, 6.45) is 1.38. The molecule has 2 N–H and O–H groups in total. The number of carbonyl (C=O) groups is 1. The highest BCUT2D eigenvalue weighted by molar-refractivity contribution is 5.97. The second-order valence-corrected chi connectivity index (χ2v) is 6.93. The molecule has 0 spiro atoms. The van der Waals surface area contributed by atoms with E-state index in [0.717, 1.165) is 42.6 Å². The van der Waals surface area contributed by atoms with Crippen molar-refractivity contribution >= 4 is 5.91 Å². The van der Waals surface area contributed by atoms with Crippen molar-refractivity contribution in [2.45, 2.75) is 45.8 Å². The third-order valence-electron chi connectivity index (χ3n) is 4.65. The molecular weight excluding hydrogens is 304 g/mol. The Labute approximate surface area is 145 Å². The Morgan fingerprint density at radius 2 is 1.88 bits per heavy atom. The average Bonchev–Trinajstić information content (AvgIpc) is 2.48. The van der Waals surface area contributed by atoms with E-state index in [-0.39, 0.29) is 11.9 Å². The first kappa shape index (κ1) is 18.9. The second-order valence-electron chi connectivity index (χ2n) is 6.93. The molecule has 1 aromatic rings. The fourth-order valence-electron chi connectivity index (χ4n) is 3.60. The predicted octanol–water partition coefficient (Wildman–Crippen LogP) is 1.81. The van der Waals surface area contributed by atoms with Gasteiger partial charge in [0.25, 0.3) is 5.91 Å². The van der Waals surface area contributed by atoms with Gasteiger partial charge in [-0.25, -0.2) is 0 Å². The summed E-state index contributed by atoms with van der Waals surface area (Å²) in [6.45, 7) is 8.81. The van der Waals surface area contributed by atoms with Crippen LogP contribution in [0.4, 0.5) is 0 Å². The SMILES string of the molecule is COCC(O)CN1CCC(NC(=O)c2c(C)cc(C)cc2C)CC1. The van der Waals surface area contributed by atoms with Crippen molar-refractivity contribution in [1.82, 2.24) is 10.2 Å². The molecule has 1 atom stereocenters. The lowest BCUT2D eigenvalue weighted by Gasteiger charge is -2.33. The molecule has 1 saturated heterocycles. The monoisotopic (exact) mass is 334 g/mol. The van der Waals surface area contributed by atoms with Gasteiger partial charge in [-0.1, -0.05) is 17.7 Å². The van der Waals surface area contributed by atoms with Crippen LogP contribution in [0.3, 0.4) is 0 Å². The van der Waals surface area contributed by atoms with E-state index in [9.17, 15) is 9.90 Å². The number of methoxy groups -OCH3 is 1. The predicted molar refractivity (Wildman–Crippen MR) is 95.5 cm³/mol. The van der Waals surface area contributed by atoms with Crippen LogP contribution >= 0.6 is 0 Å². The number of rotatable bonds is 6. The summed E-state index contributed by atoms with van der Waals surface area (Å²) in [5.41, 5.74) is 4.05. The first-order valence-corrected chi connectivity index (χ1v) is 8.68. The Bertz CT molecular complexity index is 543. The van der Waals surface area contributed by atoms with E-state index in [2.05, 4.69) is 29.3 Å². The number of carbonyl (C=O) groups excluding carboxylic acids is 1. The Morgan fingerprint density at radius 1 is 1.29 bits per heavy atom. The van der Waals surface area contributed by atoms with Crippen molar-refractivity contribution in [2.24, 2.45) is 0 Å². The molecule has 1 aliphatic rings. The van der Waals surface area contributed by atoms with Crippen LogP contribution in [0.15, 0.2) is 12.1 Å². The number of aliphatic hydroxyl groups is 1. The van der Waals surface area contributed by atoms with Gasteiger partial charge < -0.3 is 20.1 Å². The quantitative estimate of drug-likeness (QED) is 0.833. The second kappa shape index (κ2) is 8.60. The summed E-state index contributed by atoms with van der Waals surface area (Å²) >= 11 is 0. The van der Waals surface area contributed by atoms with E-state index in [1.54, 1.807) is 7.11 Å². The molecule has 2 rings (SSSR count). The van der Waals surface area contributed by atoms with Crippen molar-refractivity contribution in [2.75, 3.05) is 33.4 Å². The molecule has 1 aromatic carbocycles. The van der Waals surface area contributed by atoms with Gasteiger partial charge in [0.15, 0.2) is 0 Å². The van der Waals surface area contributed by atoms with Crippen LogP contribution in [0, 0.1) is 20.8 Å². The first-order valence-electron chi connectivity index (χ1n) is 8.68. The third-order valence-corrected chi connectivity index (χ3v) is 4.65. The van der Waals surface area contributed by atoms with Crippen LogP contribution in [0.1, 0.15) is 39.9 Å². The lowest BCUT2D eigenvalue weighted by molar-refractivity contribution is 0.0309. The van der Waals surface area contributed by atoms with Crippen LogP contribution in [0.2, 0.25) is 0 Å². The Morgan fingerprint density at radius 3 is 2.42 bits per heavy atom. The molecule has 1 unspecified atom stereocenters. The maximum absolute atomic E-state index is 12.6. The lowest BCUT2D eigenvalue weighted by atomic mass is 9.98. The molecule has 0 bridgehead atoms. The van der Waals surface area contributed by atoms with E-state index < -0.39 is 6.10 Å². The van der Waals surface area contributed by atoms with Crippen molar-refractivity contribution in [3.8, 4) is 0 Å². The van der Waals surface area contributed by atoms with Crippen LogP contribution in [0.5, 0.6) is 0 Å². The van der Waals surface area contributed by atoms with Crippen molar-refractivity contribution in [3.63, 3.8) is 0 Å². The topological polar surface area (TPSA) is 61.8 Å². The van der Waals surface area contributed by atoms with E-state index in [0.29, 0.717) is 13.2 Å². The van der Waals surface area contributed by atoms with E-state index in [1.807, 2.05) is 13.8 Å². The molecule has 0 radical (unpaired) electrons. The van der Waals surface area contributed by atoms with Gasteiger partial charge in [-0.15, -0.1) is 0 Å². The number of nitrogens with one attached hydrogen (secondary N) is 1. The number of aryl methyl sites for hydroxylation is 3. The third kappa shape index (κ3) is 5.03. The minimum Gasteiger partial charge on any atom is -0.389 e. The fraction of sp³-hybridized carbons (Fsp3) is 0.632. The van der Waals surface area contributed by atoms with Crippen LogP contribution in [-0.2, 0) is 4.74 Å². The van der Waals surface area contributed by atoms with Gasteiger partial charge in [0, 0.05) is 38.3 Å². The van der Waals surface area contributed by atoms with Crippen LogP contribution in [-0.4, -0.2) is 61.4 Å². The number of benzene rings is 1. The standard InChI is InChI=1S/C19H30N2O3/c1-13-9-14(2)18(15(3)10-13)19(23)20-16-5-7-21(8-6-16)11-17(22)12-24-4/h9-10,16-17,22H,5-8,11-12H2,1-4H3,(H,20,23). The molecule has 1 heterocycles. The van der Waals surface area contributed by atoms with Gasteiger partial charge in [-0.3, -0.25) is 4.79 Å². The Balaban J connectivity index is 1.87.